The van der Waals surface area contributed by atoms with Crippen molar-refractivity contribution in [3.05, 3.63) is 47.4 Å². The summed E-state index contributed by atoms with van der Waals surface area (Å²) < 4.78 is 5.03. The molecular weight excluding hydrogens is 432 g/mol. The Hall–Kier alpha value is -3.36. The molecule has 2 fully saturated rings. The first-order valence-corrected chi connectivity index (χ1v) is 12.4. The SMILES string of the molecule is O=C1OCCN1CCCN1C(=O)N2C[C@@H](Cc3ccccc3)N=C2c2[nH]c(C3CCCC3)nc21. The lowest BCUT2D eigenvalue weighted by Crippen LogP contribution is -2.51. The summed E-state index contributed by atoms with van der Waals surface area (Å²) in [4.78, 5) is 44.1. The molecule has 0 unspecified atom stereocenters. The molecule has 1 aliphatic carbocycles. The Morgan fingerprint density at radius 2 is 1.91 bits per heavy atom. The van der Waals surface area contributed by atoms with Gasteiger partial charge in [-0.05, 0) is 31.2 Å². The van der Waals surface area contributed by atoms with Gasteiger partial charge in [-0.1, -0.05) is 43.2 Å². The van der Waals surface area contributed by atoms with Gasteiger partial charge >= 0.3 is 12.1 Å². The number of hydrogen-bond acceptors (Lipinski definition) is 5. The van der Waals surface area contributed by atoms with Crippen LogP contribution >= 0.6 is 0 Å². The monoisotopic (exact) mass is 462 g/mol. The molecule has 6 rings (SSSR count). The summed E-state index contributed by atoms with van der Waals surface area (Å²) in [5, 5.41) is 0. The highest BCUT2D eigenvalue weighted by atomic mass is 16.6. The van der Waals surface area contributed by atoms with Gasteiger partial charge < -0.3 is 14.6 Å². The van der Waals surface area contributed by atoms with Crippen molar-refractivity contribution in [1.82, 2.24) is 19.8 Å². The van der Waals surface area contributed by atoms with Crippen LogP contribution in [0.15, 0.2) is 35.3 Å². The fourth-order valence-electron chi connectivity index (χ4n) is 5.56. The third kappa shape index (κ3) is 3.82. The first-order valence-electron chi connectivity index (χ1n) is 12.4. The Kier molecular flexibility index (Phi) is 5.47. The summed E-state index contributed by atoms with van der Waals surface area (Å²) in [6.45, 7) is 2.67. The van der Waals surface area contributed by atoms with Crippen molar-refractivity contribution < 1.29 is 14.3 Å². The lowest BCUT2D eigenvalue weighted by Gasteiger charge is -2.32. The number of benzene rings is 1. The number of aliphatic imine (C=N–C) groups is 1. The van der Waals surface area contributed by atoms with E-state index in [1.165, 1.54) is 18.4 Å². The number of hydrogen-bond donors (Lipinski definition) is 1. The van der Waals surface area contributed by atoms with E-state index in [1.54, 1.807) is 14.7 Å². The van der Waals surface area contributed by atoms with E-state index in [1.807, 2.05) is 18.2 Å². The van der Waals surface area contributed by atoms with E-state index < -0.39 is 0 Å². The van der Waals surface area contributed by atoms with Gasteiger partial charge in [0.15, 0.2) is 11.7 Å². The van der Waals surface area contributed by atoms with Crippen molar-refractivity contribution in [3.63, 3.8) is 0 Å². The third-order valence-electron chi connectivity index (χ3n) is 7.31. The molecule has 178 valence electrons. The highest BCUT2D eigenvalue weighted by molar-refractivity contribution is 6.18. The first-order chi connectivity index (χ1) is 16.7. The zero-order chi connectivity index (χ0) is 23.1. The topological polar surface area (TPSA) is 94.1 Å². The van der Waals surface area contributed by atoms with Gasteiger partial charge in [-0.3, -0.25) is 14.8 Å². The van der Waals surface area contributed by atoms with E-state index in [4.69, 9.17) is 14.7 Å². The zero-order valence-corrected chi connectivity index (χ0v) is 19.3. The number of carbonyl (C=O) groups is 2. The average molecular weight is 463 g/mol. The molecule has 0 spiro atoms. The summed E-state index contributed by atoms with van der Waals surface area (Å²) >= 11 is 0. The lowest BCUT2D eigenvalue weighted by molar-refractivity contribution is 0.158. The number of H-pyrrole nitrogens is 1. The van der Waals surface area contributed by atoms with E-state index in [2.05, 4.69) is 17.1 Å². The highest BCUT2D eigenvalue weighted by Gasteiger charge is 2.43. The van der Waals surface area contributed by atoms with Crippen molar-refractivity contribution in [2.75, 3.05) is 37.7 Å². The molecule has 1 saturated heterocycles. The number of fused-ring (bicyclic) bond motifs is 3. The van der Waals surface area contributed by atoms with Gasteiger partial charge in [0.05, 0.1) is 19.1 Å². The number of carbonyl (C=O) groups excluding carboxylic acids is 2. The Morgan fingerprint density at radius 1 is 1.09 bits per heavy atom. The number of anilines is 1. The normalized spacial score (nSPS) is 22.3. The molecule has 1 aromatic heterocycles. The number of imidazole rings is 1. The standard InChI is InChI=1S/C25H30N6O3/c32-24-30(12-6-11-29-13-14-34-25(29)33)23-20(27-21(28-23)18-9-4-5-10-18)22-26-19(16-31(22)24)15-17-7-2-1-3-8-17/h1-3,7-8,18-19H,4-6,9-16H2,(H,27,28)/t19-/m1/s1. The Bertz CT molecular complexity index is 1110. The lowest BCUT2D eigenvalue weighted by atomic mass is 10.1. The van der Waals surface area contributed by atoms with Crippen LogP contribution < -0.4 is 4.90 Å². The van der Waals surface area contributed by atoms with Crippen LogP contribution in [-0.2, 0) is 11.2 Å². The molecule has 0 bridgehead atoms. The van der Waals surface area contributed by atoms with E-state index in [0.717, 1.165) is 36.6 Å². The average Bonchev–Trinajstić information content (AvgIpc) is 3.63. The number of nitrogens with zero attached hydrogens (tertiary/aromatic N) is 5. The van der Waals surface area contributed by atoms with E-state index in [9.17, 15) is 9.59 Å². The van der Waals surface area contributed by atoms with Crippen LogP contribution in [0.4, 0.5) is 15.4 Å². The zero-order valence-electron chi connectivity index (χ0n) is 19.3. The predicted molar refractivity (Wildman–Crippen MR) is 127 cm³/mol. The summed E-state index contributed by atoms with van der Waals surface area (Å²) in [5.41, 5.74) is 2.08. The largest absolute Gasteiger partial charge is 0.448 e. The van der Waals surface area contributed by atoms with Crippen LogP contribution in [0.1, 0.15) is 55.1 Å². The van der Waals surface area contributed by atoms with Crippen LogP contribution in [0, 0.1) is 0 Å². The summed E-state index contributed by atoms with van der Waals surface area (Å²) in [7, 11) is 0. The number of aromatic amines is 1. The Labute approximate surface area is 198 Å². The van der Waals surface area contributed by atoms with Crippen molar-refractivity contribution in [3.8, 4) is 0 Å². The fourth-order valence-corrected chi connectivity index (χ4v) is 5.56. The van der Waals surface area contributed by atoms with Crippen molar-refractivity contribution >= 4 is 23.8 Å². The predicted octanol–water partition coefficient (Wildman–Crippen LogP) is 3.52. The number of cyclic esters (lactones) is 1. The number of urea groups is 1. The van der Waals surface area contributed by atoms with Crippen molar-refractivity contribution in [1.29, 1.82) is 0 Å². The minimum absolute atomic E-state index is 0.0201. The van der Waals surface area contributed by atoms with E-state index >= 15 is 0 Å². The van der Waals surface area contributed by atoms with Gasteiger partial charge in [0, 0.05) is 19.0 Å². The number of nitrogens with one attached hydrogen (secondary N) is 1. The van der Waals surface area contributed by atoms with E-state index in [-0.39, 0.29) is 18.2 Å². The molecule has 4 heterocycles. The second-order valence-corrected chi connectivity index (χ2v) is 9.60. The minimum atomic E-state index is -0.272. The molecular formula is C25H30N6O3. The molecule has 3 amide bonds. The van der Waals surface area contributed by atoms with Gasteiger partial charge in [0.2, 0.25) is 0 Å². The molecule has 9 nitrogen and oxygen atoms in total. The second-order valence-electron chi connectivity index (χ2n) is 9.60. The number of ether oxygens (including phenoxy) is 1. The molecule has 4 aliphatic rings. The van der Waals surface area contributed by atoms with Crippen LogP contribution in [-0.4, -0.2) is 76.6 Å². The molecule has 9 heteroatoms. The van der Waals surface area contributed by atoms with Gasteiger partial charge in [0.25, 0.3) is 0 Å². The minimum Gasteiger partial charge on any atom is -0.448 e. The quantitative estimate of drug-likeness (QED) is 0.681. The van der Waals surface area contributed by atoms with Crippen LogP contribution in [0.3, 0.4) is 0 Å². The van der Waals surface area contributed by atoms with Gasteiger partial charge in [0.1, 0.15) is 18.1 Å². The van der Waals surface area contributed by atoms with Gasteiger partial charge in [-0.2, -0.15) is 0 Å². The van der Waals surface area contributed by atoms with Crippen LogP contribution in [0.25, 0.3) is 0 Å². The molecule has 1 saturated carbocycles. The first kappa shape index (κ1) is 21.2. The smallest absolute Gasteiger partial charge is 0.409 e. The Morgan fingerprint density at radius 3 is 2.68 bits per heavy atom. The molecule has 0 radical (unpaired) electrons. The number of rotatable bonds is 7. The molecule has 1 aromatic carbocycles. The number of aromatic nitrogens is 2. The fraction of sp³-hybridized carbons (Fsp3) is 0.520. The van der Waals surface area contributed by atoms with Crippen LogP contribution in [0.2, 0.25) is 0 Å². The molecule has 1 atom stereocenters. The van der Waals surface area contributed by atoms with Crippen LogP contribution in [0.5, 0.6) is 0 Å². The maximum atomic E-state index is 13.6. The Balaban J connectivity index is 1.26. The van der Waals surface area contributed by atoms with Gasteiger partial charge in [-0.25, -0.2) is 14.6 Å². The van der Waals surface area contributed by atoms with Crippen molar-refractivity contribution in [2.24, 2.45) is 4.99 Å². The molecule has 2 aromatic rings. The number of amidine groups is 1. The van der Waals surface area contributed by atoms with Crippen molar-refractivity contribution in [2.45, 2.75) is 50.5 Å². The molecule has 1 N–H and O–H groups in total. The summed E-state index contributed by atoms with van der Waals surface area (Å²) in [6.07, 6.45) is 5.89. The third-order valence-corrected chi connectivity index (χ3v) is 7.31. The highest BCUT2D eigenvalue weighted by Crippen LogP contribution is 2.37. The molecule has 3 aliphatic heterocycles. The summed E-state index contributed by atoms with van der Waals surface area (Å²) in [5.74, 6) is 2.79. The van der Waals surface area contributed by atoms with E-state index in [0.29, 0.717) is 50.9 Å². The summed E-state index contributed by atoms with van der Waals surface area (Å²) in [6, 6.07) is 10.2. The second kappa shape index (κ2) is 8.77. The number of amides is 3. The maximum Gasteiger partial charge on any atom is 0.409 e. The maximum absolute atomic E-state index is 13.6. The van der Waals surface area contributed by atoms with Gasteiger partial charge in [-0.15, -0.1) is 0 Å². The molecule has 34 heavy (non-hydrogen) atoms.